The summed E-state index contributed by atoms with van der Waals surface area (Å²) >= 11 is 0. The number of carbonyl (C=O) groups is 2. The molecule has 1 aliphatic rings. The van der Waals surface area contributed by atoms with Crippen molar-refractivity contribution in [3.8, 4) is 0 Å². The van der Waals surface area contributed by atoms with Crippen LogP contribution in [0.25, 0.3) is 11.0 Å². The predicted molar refractivity (Wildman–Crippen MR) is 115 cm³/mol. The van der Waals surface area contributed by atoms with Crippen LogP contribution in [-0.2, 0) is 22.4 Å². The Morgan fingerprint density at radius 3 is 2.57 bits per heavy atom. The molecule has 2 heterocycles. The topological polar surface area (TPSA) is 78.7 Å². The molecule has 1 saturated heterocycles. The van der Waals surface area contributed by atoms with Crippen molar-refractivity contribution in [3.63, 3.8) is 0 Å². The Bertz CT molecular complexity index is 1040. The smallest absolute Gasteiger partial charge is 0.238 e. The maximum absolute atomic E-state index is 12.7. The molecular formula is C23H26N4O3. The van der Waals surface area contributed by atoms with E-state index in [0.29, 0.717) is 44.0 Å². The van der Waals surface area contributed by atoms with Gasteiger partial charge >= 0.3 is 0 Å². The zero-order chi connectivity index (χ0) is 20.9. The average Bonchev–Trinajstić information content (AvgIpc) is 3.17. The number of rotatable bonds is 6. The number of aromatic nitrogens is 1. The highest BCUT2D eigenvalue weighted by atomic mass is 16.5. The van der Waals surface area contributed by atoms with E-state index in [1.165, 1.54) is 0 Å². The molecule has 1 aliphatic heterocycles. The third kappa shape index (κ3) is 4.52. The van der Waals surface area contributed by atoms with Crippen LogP contribution >= 0.6 is 0 Å². The van der Waals surface area contributed by atoms with Crippen LogP contribution in [-0.4, -0.2) is 59.5 Å². The molecule has 1 aromatic heterocycles. The first-order chi connectivity index (χ1) is 14.6. The van der Waals surface area contributed by atoms with E-state index in [1.807, 2.05) is 53.4 Å². The summed E-state index contributed by atoms with van der Waals surface area (Å²) < 4.78 is 5.29. The van der Waals surface area contributed by atoms with Crippen LogP contribution in [0.3, 0.4) is 0 Å². The van der Waals surface area contributed by atoms with Crippen molar-refractivity contribution in [2.24, 2.45) is 0 Å². The summed E-state index contributed by atoms with van der Waals surface area (Å²) in [4.78, 5) is 29.1. The minimum atomic E-state index is -0.0234. The van der Waals surface area contributed by atoms with E-state index in [-0.39, 0.29) is 18.2 Å². The predicted octanol–water partition coefficient (Wildman–Crippen LogP) is 2.72. The van der Waals surface area contributed by atoms with Crippen LogP contribution in [0.2, 0.25) is 0 Å². The van der Waals surface area contributed by atoms with Crippen LogP contribution in [0.5, 0.6) is 0 Å². The highest BCUT2D eigenvalue weighted by Crippen LogP contribution is 2.19. The third-order valence-corrected chi connectivity index (χ3v) is 5.54. The Morgan fingerprint density at radius 1 is 1.03 bits per heavy atom. The van der Waals surface area contributed by atoms with Gasteiger partial charge in [-0.15, -0.1) is 0 Å². The van der Waals surface area contributed by atoms with Gasteiger partial charge in [-0.25, -0.2) is 0 Å². The van der Waals surface area contributed by atoms with Gasteiger partial charge < -0.3 is 14.7 Å². The van der Waals surface area contributed by atoms with E-state index < -0.39 is 0 Å². The summed E-state index contributed by atoms with van der Waals surface area (Å²) in [6.45, 7) is 4.96. The Balaban J connectivity index is 1.27. The number of para-hydroxylation sites is 2. The molecule has 2 aromatic carbocycles. The Kier molecular flexibility index (Phi) is 6.09. The molecule has 156 valence electrons. The van der Waals surface area contributed by atoms with Gasteiger partial charge in [0, 0.05) is 37.3 Å². The molecule has 1 fully saturated rings. The highest BCUT2D eigenvalue weighted by Gasteiger charge is 2.24. The fraction of sp³-hybridized carbons (Fsp3) is 0.348. The first-order valence-corrected chi connectivity index (χ1v) is 10.3. The lowest BCUT2D eigenvalue weighted by molar-refractivity contribution is -0.132. The quantitative estimate of drug-likeness (QED) is 0.681. The van der Waals surface area contributed by atoms with Crippen molar-refractivity contribution in [2.75, 3.05) is 38.0 Å². The first-order valence-electron chi connectivity index (χ1n) is 10.3. The van der Waals surface area contributed by atoms with Gasteiger partial charge in [0.25, 0.3) is 0 Å². The van der Waals surface area contributed by atoms with Crippen LogP contribution < -0.4 is 5.32 Å². The number of anilines is 1. The molecule has 7 nitrogen and oxygen atoms in total. The van der Waals surface area contributed by atoms with Gasteiger partial charge in [0.05, 0.1) is 13.0 Å². The van der Waals surface area contributed by atoms with E-state index in [1.54, 1.807) is 0 Å². The number of hydrogen-bond acceptors (Lipinski definition) is 5. The maximum atomic E-state index is 12.7. The second kappa shape index (κ2) is 9.09. The average molecular weight is 406 g/mol. The summed E-state index contributed by atoms with van der Waals surface area (Å²) in [5, 5.41) is 7.95. The number of carbonyl (C=O) groups excluding carboxylic acids is 2. The number of aryl methyl sites for hydroxylation is 1. The third-order valence-electron chi connectivity index (χ3n) is 5.54. The second-order valence-electron chi connectivity index (χ2n) is 7.52. The van der Waals surface area contributed by atoms with Crippen molar-refractivity contribution in [2.45, 2.75) is 19.8 Å². The van der Waals surface area contributed by atoms with Crippen LogP contribution in [0, 0.1) is 0 Å². The van der Waals surface area contributed by atoms with Gasteiger partial charge in [0.15, 0.2) is 5.58 Å². The molecule has 0 spiro atoms. The lowest BCUT2D eigenvalue weighted by Gasteiger charge is -2.34. The molecule has 0 radical (unpaired) electrons. The van der Waals surface area contributed by atoms with Gasteiger partial charge in [-0.2, -0.15) is 0 Å². The van der Waals surface area contributed by atoms with Crippen LogP contribution in [0.15, 0.2) is 53.1 Å². The van der Waals surface area contributed by atoms with Gasteiger partial charge in [0.1, 0.15) is 5.69 Å². The Hall–Kier alpha value is -3.19. The molecule has 0 aliphatic carbocycles. The van der Waals surface area contributed by atoms with Gasteiger partial charge in [-0.3, -0.25) is 14.5 Å². The van der Waals surface area contributed by atoms with E-state index in [4.69, 9.17) is 4.52 Å². The van der Waals surface area contributed by atoms with E-state index >= 15 is 0 Å². The Morgan fingerprint density at radius 2 is 1.77 bits per heavy atom. The molecule has 7 heteroatoms. The maximum Gasteiger partial charge on any atom is 0.238 e. The van der Waals surface area contributed by atoms with Crippen molar-refractivity contribution < 1.29 is 14.1 Å². The number of hydrogen-bond donors (Lipinski definition) is 1. The first kappa shape index (κ1) is 20.1. The number of nitrogens with zero attached hydrogens (tertiary/aromatic N) is 3. The van der Waals surface area contributed by atoms with Gasteiger partial charge in [-0.1, -0.05) is 42.4 Å². The second-order valence-corrected chi connectivity index (χ2v) is 7.52. The lowest BCUT2D eigenvalue weighted by atomic mass is 10.1. The molecule has 3 aromatic rings. The van der Waals surface area contributed by atoms with E-state index in [2.05, 4.69) is 22.3 Å². The number of benzene rings is 2. The zero-order valence-electron chi connectivity index (χ0n) is 17.1. The standard InChI is InChI=1S/C23H26N4O3/c1-2-17-7-3-5-9-19(17)24-22(28)16-26-11-13-27(14-12-26)23(29)15-20-18-8-4-6-10-21(18)30-25-20/h3-10H,2,11-16H2,1H3,(H,24,28). The monoisotopic (exact) mass is 406 g/mol. The summed E-state index contributed by atoms with van der Waals surface area (Å²) in [5.74, 6) is 0.0137. The molecule has 4 rings (SSSR count). The van der Waals surface area contributed by atoms with Crippen molar-refractivity contribution in [1.29, 1.82) is 0 Å². The fourth-order valence-corrected chi connectivity index (χ4v) is 3.82. The number of piperazine rings is 1. The molecule has 0 atom stereocenters. The van der Waals surface area contributed by atoms with E-state index in [0.717, 1.165) is 23.1 Å². The number of nitrogens with one attached hydrogen (secondary N) is 1. The van der Waals surface area contributed by atoms with Crippen LogP contribution in [0.4, 0.5) is 5.69 Å². The minimum Gasteiger partial charge on any atom is -0.356 e. The van der Waals surface area contributed by atoms with E-state index in [9.17, 15) is 9.59 Å². The normalized spacial score (nSPS) is 14.8. The number of fused-ring (bicyclic) bond motifs is 1. The number of amides is 2. The molecule has 0 unspecified atom stereocenters. The fourth-order valence-electron chi connectivity index (χ4n) is 3.82. The molecule has 1 N–H and O–H groups in total. The molecule has 30 heavy (non-hydrogen) atoms. The Labute approximate surface area is 175 Å². The van der Waals surface area contributed by atoms with Crippen molar-refractivity contribution in [1.82, 2.24) is 15.0 Å². The molecular weight excluding hydrogens is 380 g/mol. The SMILES string of the molecule is CCc1ccccc1NC(=O)CN1CCN(C(=O)Cc2noc3ccccc23)CC1. The molecule has 0 saturated carbocycles. The summed E-state index contributed by atoms with van der Waals surface area (Å²) in [6, 6.07) is 15.4. The van der Waals surface area contributed by atoms with Gasteiger partial charge in [-0.05, 0) is 30.2 Å². The largest absolute Gasteiger partial charge is 0.356 e. The summed E-state index contributed by atoms with van der Waals surface area (Å²) in [7, 11) is 0. The molecule has 0 bridgehead atoms. The van der Waals surface area contributed by atoms with Crippen molar-refractivity contribution in [3.05, 3.63) is 59.8 Å². The summed E-state index contributed by atoms with van der Waals surface area (Å²) in [5.41, 5.74) is 3.37. The minimum absolute atomic E-state index is 0.0234. The van der Waals surface area contributed by atoms with Crippen LogP contribution in [0.1, 0.15) is 18.2 Å². The molecule has 2 amide bonds. The zero-order valence-corrected chi connectivity index (χ0v) is 17.1. The van der Waals surface area contributed by atoms with Crippen molar-refractivity contribution >= 4 is 28.5 Å². The van der Waals surface area contributed by atoms with Gasteiger partial charge in [0.2, 0.25) is 11.8 Å². The highest BCUT2D eigenvalue weighted by molar-refractivity contribution is 5.93. The summed E-state index contributed by atoms with van der Waals surface area (Å²) in [6.07, 6.45) is 1.10. The lowest BCUT2D eigenvalue weighted by Crippen LogP contribution is -2.50.